The van der Waals surface area contributed by atoms with E-state index in [0.717, 1.165) is 23.4 Å². The molecular formula is C19H20ClNO. The third-order valence-corrected chi connectivity index (χ3v) is 4.88. The van der Waals surface area contributed by atoms with Crippen LogP contribution in [0.15, 0.2) is 42.5 Å². The predicted octanol–water partition coefficient (Wildman–Crippen LogP) is 4.75. The van der Waals surface area contributed by atoms with Crippen molar-refractivity contribution in [1.82, 2.24) is 5.32 Å². The van der Waals surface area contributed by atoms with E-state index in [-0.39, 0.29) is 11.9 Å². The summed E-state index contributed by atoms with van der Waals surface area (Å²) >= 11 is 6.15. The van der Waals surface area contributed by atoms with E-state index in [9.17, 15) is 4.79 Å². The number of carbonyl (C=O) groups is 1. The Bertz CT molecular complexity index is 710. The molecule has 114 valence electrons. The first-order chi connectivity index (χ1) is 10.6. The van der Waals surface area contributed by atoms with E-state index in [0.29, 0.717) is 5.92 Å². The van der Waals surface area contributed by atoms with E-state index in [4.69, 9.17) is 11.6 Å². The van der Waals surface area contributed by atoms with E-state index in [1.165, 1.54) is 16.7 Å². The summed E-state index contributed by atoms with van der Waals surface area (Å²) < 4.78 is 0. The Labute approximate surface area is 136 Å². The SMILES string of the molecule is CC(=O)N[C@@H]1CCC(c2ccc(Cl)c(C)c2)c2ccccc21. The molecule has 0 saturated heterocycles. The molecule has 3 rings (SSSR count). The summed E-state index contributed by atoms with van der Waals surface area (Å²) in [5, 5.41) is 3.88. The van der Waals surface area contributed by atoms with Crippen LogP contribution >= 0.6 is 11.6 Å². The Morgan fingerprint density at radius 3 is 2.55 bits per heavy atom. The zero-order valence-electron chi connectivity index (χ0n) is 12.9. The van der Waals surface area contributed by atoms with Gasteiger partial charge in [-0.3, -0.25) is 4.79 Å². The minimum Gasteiger partial charge on any atom is -0.350 e. The molecule has 0 aliphatic heterocycles. The fraction of sp³-hybridized carbons (Fsp3) is 0.316. The molecule has 0 heterocycles. The van der Waals surface area contributed by atoms with Crippen molar-refractivity contribution in [3.63, 3.8) is 0 Å². The molecule has 2 nitrogen and oxygen atoms in total. The van der Waals surface area contributed by atoms with E-state index in [1.54, 1.807) is 6.92 Å². The van der Waals surface area contributed by atoms with Crippen molar-refractivity contribution in [3.8, 4) is 0 Å². The first-order valence-corrected chi connectivity index (χ1v) is 8.06. The Kier molecular flexibility index (Phi) is 4.21. The van der Waals surface area contributed by atoms with Crippen molar-refractivity contribution in [3.05, 3.63) is 69.7 Å². The van der Waals surface area contributed by atoms with Gasteiger partial charge in [0.15, 0.2) is 0 Å². The zero-order chi connectivity index (χ0) is 15.7. The smallest absolute Gasteiger partial charge is 0.217 e. The Balaban J connectivity index is 2.00. The Morgan fingerprint density at radius 1 is 1.14 bits per heavy atom. The molecule has 2 aromatic carbocycles. The fourth-order valence-electron chi connectivity index (χ4n) is 3.42. The Morgan fingerprint density at radius 2 is 1.86 bits per heavy atom. The molecule has 1 aliphatic rings. The van der Waals surface area contributed by atoms with Crippen LogP contribution in [0.5, 0.6) is 0 Å². The topological polar surface area (TPSA) is 29.1 Å². The lowest BCUT2D eigenvalue weighted by Gasteiger charge is -2.32. The molecule has 3 heteroatoms. The zero-order valence-corrected chi connectivity index (χ0v) is 13.7. The lowest BCUT2D eigenvalue weighted by atomic mass is 9.76. The molecule has 0 saturated carbocycles. The molecule has 1 amide bonds. The number of hydrogen-bond acceptors (Lipinski definition) is 1. The highest BCUT2D eigenvalue weighted by Crippen LogP contribution is 2.41. The molecule has 2 aromatic rings. The average Bonchev–Trinajstić information content (AvgIpc) is 2.50. The van der Waals surface area contributed by atoms with Crippen molar-refractivity contribution in [2.24, 2.45) is 0 Å². The standard InChI is InChI=1S/C19H20ClNO/c1-12-11-14(7-9-18(12)20)15-8-10-19(21-13(2)22)17-6-4-3-5-16(15)17/h3-7,9,11,15,19H,8,10H2,1-2H3,(H,21,22)/t15?,19-/m1/s1. The normalized spacial score (nSPS) is 20.3. The van der Waals surface area contributed by atoms with E-state index in [1.807, 2.05) is 19.1 Å². The van der Waals surface area contributed by atoms with Crippen LogP contribution in [0.2, 0.25) is 5.02 Å². The number of halogens is 1. The lowest BCUT2D eigenvalue weighted by molar-refractivity contribution is -0.119. The van der Waals surface area contributed by atoms with Crippen LogP contribution in [0, 0.1) is 6.92 Å². The minimum absolute atomic E-state index is 0.0283. The van der Waals surface area contributed by atoms with Crippen molar-refractivity contribution in [2.45, 2.75) is 38.6 Å². The van der Waals surface area contributed by atoms with Gasteiger partial charge in [0.05, 0.1) is 6.04 Å². The van der Waals surface area contributed by atoms with Crippen LogP contribution in [0.3, 0.4) is 0 Å². The second-order valence-electron chi connectivity index (χ2n) is 6.02. The van der Waals surface area contributed by atoms with Crippen molar-refractivity contribution in [2.75, 3.05) is 0 Å². The van der Waals surface area contributed by atoms with Gasteiger partial charge in [0, 0.05) is 17.9 Å². The number of rotatable bonds is 2. The molecule has 0 spiro atoms. The molecule has 0 fully saturated rings. The van der Waals surface area contributed by atoms with Gasteiger partial charge in [0.1, 0.15) is 0 Å². The molecule has 0 radical (unpaired) electrons. The van der Waals surface area contributed by atoms with Gasteiger partial charge in [-0.25, -0.2) is 0 Å². The summed E-state index contributed by atoms with van der Waals surface area (Å²) in [6.07, 6.45) is 1.99. The summed E-state index contributed by atoms with van der Waals surface area (Å²) in [4.78, 5) is 11.4. The van der Waals surface area contributed by atoms with Crippen LogP contribution < -0.4 is 5.32 Å². The van der Waals surface area contributed by atoms with E-state index < -0.39 is 0 Å². The largest absolute Gasteiger partial charge is 0.350 e. The third-order valence-electron chi connectivity index (χ3n) is 4.45. The van der Waals surface area contributed by atoms with Crippen LogP contribution in [-0.4, -0.2) is 5.91 Å². The van der Waals surface area contributed by atoms with Gasteiger partial charge in [-0.1, -0.05) is 48.0 Å². The van der Waals surface area contributed by atoms with Crippen LogP contribution in [0.1, 0.15) is 54.0 Å². The van der Waals surface area contributed by atoms with Crippen LogP contribution in [0.25, 0.3) is 0 Å². The quantitative estimate of drug-likeness (QED) is 0.851. The fourth-order valence-corrected chi connectivity index (χ4v) is 3.53. The van der Waals surface area contributed by atoms with Crippen LogP contribution in [-0.2, 0) is 4.79 Å². The maximum atomic E-state index is 11.4. The van der Waals surface area contributed by atoms with Crippen molar-refractivity contribution >= 4 is 17.5 Å². The molecule has 0 bridgehead atoms. The van der Waals surface area contributed by atoms with Gasteiger partial charge in [-0.2, -0.15) is 0 Å². The van der Waals surface area contributed by atoms with E-state index >= 15 is 0 Å². The third kappa shape index (κ3) is 2.89. The molecule has 1 aliphatic carbocycles. The van der Waals surface area contributed by atoms with Gasteiger partial charge in [-0.15, -0.1) is 0 Å². The molecule has 1 unspecified atom stereocenters. The second kappa shape index (κ2) is 6.13. The van der Waals surface area contributed by atoms with Crippen molar-refractivity contribution < 1.29 is 4.79 Å². The summed E-state index contributed by atoms with van der Waals surface area (Å²) in [6.45, 7) is 3.62. The first kappa shape index (κ1) is 15.1. The van der Waals surface area contributed by atoms with Gasteiger partial charge in [-0.05, 0) is 48.1 Å². The number of aryl methyl sites for hydroxylation is 1. The first-order valence-electron chi connectivity index (χ1n) is 7.68. The number of nitrogens with one attached hydrogen (secondary N) is 1. The summed E-state index contributed by atoms with van der Waals surface area (Å²) in [7, 11) is 0. The average molecular weight is 314 g/mol. The van der Waals surface area contributed by atoms with Gasteiger partial charge >= 0.3 is 0 Å². The summed E-state index contributed by atoms with van der Waals surface area (Å²) in [5.74, 6) is 0.401. The molecule has 22 heavy (non-hydrogen) atoms. The Hall–Kier alpha value is -1.80. The number of amides is 1. The highest BCUT2D eigenvalue weighted by Gasteiger charge is 2.28. The molecule has 0 aromatic heterocycles. The molecule has 1 N–H and O–H groups in total. The summed E-state index contributed by atoms with van der Waals surface area (Å²) in [6, 6.07) is 14.8. The second-order valence-corrected chi connectivity index (χ2v) is 6.43. The maximum absolute atomic E-state index is 11.4. The highest BCUT2D eigenvalue weighted by molar-refractivity contribution is 6.31. The van der Waals surface area contributed by atoms with Gasteiger partial charge in [0.25, 0.3) is 0 Å². The molecular weight excluding hydrogens is 294 g/mol. The maximum Gasteiger partial charge on any atom is 0.217 e. The lowest BCUT2D eigenvalue weighted by Crippen LogP contribution is -2.30. The monoisotopic (exact) mass is 313 g/mol. The highest BCUT2D eigenvalue weighted by atomic mass is 35.5. The number of carbonyl (C=O) groups excluding carboxylic acids is 1. The molecule has 2 atom stereocenters. The van der Waals surface area contributed by atoms with Crippen molar-refractivity contribution in [1.29, 1.82) is 0 Å². The minimum atomic E-state index is 0.0283. The number of benzene rings is 2. The predicted molar refractivity (Wildman–Crippen MR) is 90.3 cm³/mol. The number of hydrogen-bond donors (Lipinski definition) is 1. The van der Waals surface area contributed by atoms with E-state index in [2.05, 4.69) is 35.6 Å². The van der Waals surface area contributed by atoms with Gasteiger partial charge < -0.3 is 5.32 Å². The number of fused-ring (bicyclic) bond motifs is 1. The summed E-state index contributed by atoms with van der Waals surface area (Å²) in [5.41, 5.74) is 4.96. The van der Waals surface area contributed by atoms with Gasteiger partial charge in [0.2, 0.25) is 5.91 Å². The van der Waals surface area contributed by atoms with Crippen LogP contribution in [0.4, 0.5) is 0 Å².